The Hall–Kier alpha value is -2.24. The predicted molar refractivity (Wildman–Crippen MR) is 59.8 cm³/mol. The highest BCUT2D eigenvalue weighted by atomic mass is 19.1. The van der Waals surface area contributed by atoms with Crippen molar-refractivity contribution in [1.82, 2.24) is 0 Å². The lowest BCUT2D eigenvalue weighted by Gasteiger charge is -2.15. The van der Waals surface area contributed by atoms with Crippen molar-refractivity contribution in [2.45, 2.75) is 6.92 Å². The molecule has 0 atom stereocenters. The van der Waals surface area contributed by atoms with Gasteiger partial charge in [-0.1, -0.05) is 0 Å². The number of halogens is 1. The maximum absolute atomic E-state index is 13.8. The monoisotopic (exact) mass is 251 g/mol. The first-order chi connectivity index (χ1) is 8.45. The van der Waals surface area contributed by atoms with Crippen LogP contribution in [-0.4, -0.2) is 31.3 Å². The zero-order valence-electron chi connectivity index (χ0n) is 9.82. The molecule has 1 aliphatic rings. The van der Waals surface area contributed by atoms with Gasteiger partial charge in [-0.15, -0.1) is 0 Å². The Labute approximate surface area is 102 Å². The van der Waals surface area contributed by atoms with Gasteiger partial charge in [0.2, 0.25) is 0 Å². The summed E-state index contributed by atoms with van der Waals surface area (Å²) in [5.41, 5.74) is 0.370. The third-order valence-corrected chi connectivity index (χ3v) is 2.68. The number of Topliss-reactive ketones (excluding diaryl/α,β-unsaturated/α-hetero) is 1. The van der Waals surface area contributed by atoms with E-state index >= 15 is 0 Å². The van der Waals surface area contributed by atoms with Crippen LogP contribution in [0.3, 0.4) is 0 Å². The molecule has 1 amide bonds. The molecular weight excluding hydrogens is 241 g/mol. The number of rotatable bonds is 2. The number of benzene rings is 1. The average Bonchev–Trinajstić information content (AvgIpc) is 2.54. The molecule has 0 aromatic heterocycles. The molecule has 0 spiro atoms. The summed E-state index contributed by atoms with van der Waals surface area (Å²) in [6.07, 6.45) is 0. The van der Waals surface area contributed by atoms with E-state index in [2.05, 4.69) is 4.74 Å². The van der Waals surface area contributed by atoms with Crippen molar-refractivity contribution in [2.24, 2.45) is 0 Å². The molecule has 94 valence electrons. The van der Waals surface area contributed by atoms with Crippen molar-refractivity contribution < 1.29 is 23.5 Å². The molecule has 0 radical (unpaired) electrons. The zero-order valence-corrected chi connectivity index (χ0v) is 9.82. The standard InChI is InChI=1S/C12H10FNO4/c1-6-3-7-10(8(13)4-6)14(5-9(15)18-2)12(17)11(7)16/h3-4H,5H2,1-2H3. The van der Waals surface area contributed by atoms with E-state index in [1.165, 1.54) is 12.1 Å². The maximum atomic E-state index is 13.8. The lowest BCUT2D eigenvalue weighted by atomic mass is 10.1. The zero-order chi connectivity index (χ0) is 13.4. The van der Waals surface area contributed by atoms with Gasteiger partial charge in [0, 0.05) is 0 Å². The van der Waals surface area contributed by atoms with Gasteiger partial charge in [-0.25, -0.2) is 4.39 Å². The summed E-state index contributed by atoms with van der Waals surface area (Å²) in [7, 11) is 1.15. The van der Waals surface area contributed by atoms with Gasteiger partial charge in [-0.2, -0.15) is 0 Å². The summed E-state index contributed by atoms with van der Waals surface area (Å²) in [5.74, 6) is -3.14. The average molecular weight is 251 g/mol. The number of aryl methyl sites for hydroxylation is 1. The number of carbonyl (C=O) groups excluding carboxylic acids is 3. The number of esters is 1. The number of carbonyl (C=O) groups is 3. The number of amides is 1. The first-order valence-corrected chi connectivity index (χ1v) is 5.19. The van der Waals surface area contributed by atoms with Crippen LogP contribution in [0.5, 0.6) is 0 Å². The number of hydrogen-bond acceptors (Lipinski definition) is 4. The van der Waals surface area contributed by atoms with Crippen molar-refractivity contribution in [3.8, 4) is 0 Å². The third-order valence-electron chi connectivity index (χ3n) is 2.68. The summed E-state index contributed by atoms with van der Waals surface area (Å²) in [4.78, 5) is 35.3. The fourth-order valence-corrected chi connectivity index (χ4v) is 1.87. The molecule has 0 saturated carbocycles. The van der Waals surface area contributed by atoms with Crippen LogP contribution in [0.15, 0.2) is 12.1 Å². The van der Waals surface area contributed by atoms with E-state index in [4.69, 9.17) is 0 Å². The normalized spacial score (nSPS) is 13.8. The second kappa shape index (κ2) is 4.21. The highest BCUT2D eigenvalue weighted by molar-refractivity contribution is 6.52. The number of ether oxygens (including phenoxy) is 1. The van der Waals surface area contributed by atoms with Gasteiger partial charge >= 0.3 is 5.97 Å². The van der Waals surface area contributed by atoms with Gasteiger partial charge in [0.05, 0.1) is 18.4 Å². The first kappa shape index (κ1) is 12.2. The highest BCUT2D eigenvalue weighted by Crippen LogP contribution is 2.32. The molecule has 1 heterocycles. The van der Waals surface area contributed by atoms with E-state index in [1.54, 1.807) is 6.92 Å². The summed E-state index contributed by atoms with van der Waals surface area (Å²) in [6.45, 7) is 1.14. The molecule has 18 heavy (non-hydrogen) atoms. The molecule has 5 nitrogen and oxygen atoms in total. The molecule has 2 rings (SSSR count). The van der Waals surface area contributed by atoms with Crippen LogP contribution in [0, 0.1) is 12.7 Å². The lowest BCUT2D eigenvalue weighted by molar-refractivity contribution is -0.139. The van der Waals surface area contributed by atoms with E-state index in [0.29, 0.717) is 5.56 Å². The van der Waals surface area contributed by atoms with Crippen molar-refractivity contribution >= 4 is 23.3 Å². The Balaban J connectivity index is 2.51. The minimum absolute atomic E-state index is 0.0126. The Morgan fingerprint density at radius 2 is 2.06 bits per heavy atom. The molecule has 0 unspecified atom stereocenters. The largest absolute Gasteiger partial charge is 0.468 e. The first-order valence-electron chi connectivity index (χ1n) is 5.19. The number of nitrogens with zero attached hydrogens (tertiary/aromatic N) is 1. The molecule has 6 heteroatoms. The molecule has 0 saturated heterocycles. The fraction of sp³-hybridized carbons (Fsp3) is 0.250. The third kappa shape index (κ3) is 1.75. The minimum atomic E-state index is -0.917. The van der Waals surface area contributed by atoms with Crippen LogP contribution in [0.25, 0.3) is 0 Å². The van der Waals surface area contributed by atoms with Crippen LogP contribution in [0.2, 0.25) is 0 Å². The van der Waals surface area contributed by atoms with E-state index in [1.807, 2.05) is 0 Å². The SMILES string of the molecule is COC(=O)CN1C(=O)C(=O)c2cc(C)cc(F)c21. The molecule has 0 bridgehead atoms. The molecule has 1 aromatic rings. The molecule has 0 aliphatic carbocycles. The van der Waals surface area contributed by atoms with E-state index in [-0.39, 0.29) is 11.3 Å². The Morgan fingerprint density at radius 1 is 1.39 bits per heavy atom. The Kier molecular flexibility index (Phi) is 2.86. The fourth-order valence-electron chi connectivity index (χ4n) is 1.87. The Bertz CT molecular complexity index is 567. The molecule has 0 fully saturated rings. The Morgan fingerprint density at radius 3 is 2.67 bits per heavy atom. The van der Waals surface area contributed by atoms with Crippen LogP contribution >= 0.6 is 0 Å². The van der Waals surface area contributed by atoms with Gasteiger partial charge in [0.25, 0.3) is 11.7 Å². The summed E-state index contributed by atoms with van der Waals surface area (Å²) in [5, 5.41) is 0. The van der Waals surface area contributed by atoms with Crippen LogP contribution in [-0.2, 0) is 14.3 Å². The van der Waals surface area contributed by atoms with Gasteiger partial charge in [-0.3, -0.25) is 19.3 Å². The highest BCUT2D eigenvalue weighted by Gasteiger charge is 2.39. The smallest absolute Gasteiger partial charge is 0.325 e. The minimum Gasteiger partial charge on any atom is -0.468 e. The van der Waals surface area contributed by atoms with Gasteiger partial charge < -0.3 is 4.74 Å². The summed E-state index contributed by atoms with van der Waals surface area (Å²) < 4.78 is 18.2. The van der Waals surface area contributed by atoms with Crippen molar-refractivity contribution in [3.05, 3.63) is 29.1 Å². The summed E-state index contributed by atoms with van der Waals surface area (Å²) in [6, 6.07) is 2.63. The number of anilines is 1. The number of fused-ring (bicyclic) bond motifs is 1. The number of ketones is 1. The maximum Gasteiger partial charge on any atom is 0.325 e. The van der Waals surface area contributed by atoms with Gasteiger partial charge in [-0.05, 0) is 24.6 Å². The van der Waals surface area contributed by atoms with E-state index < -0.39 is 30.0 Å². The summed E-state index contributed by atoms with van der Waals surface area (Å²) >= 11 is 0. The predicted octanol–water partition coefficient (Wildman–Crippen LogP) is 0.836. The topological polar surface area (TPSA) is 63.7 Å². The molecular formula is C12H10FNO4. The van der Waals surface area contributed by atoms with Crippen molar-refractivity contribution in [2.75, 3.05) is 18.6 Å². The van der Waals surface area contributed by atoms with Gasteiger partial charge in [0.1, 0.15) is 12.4 Å². The molecule has 0 N–H and O–H groups in total. The van der Waals surface area contributed by atoms with Crippen molar-refractivity contribution in [3.63, 3.8) is 0 Å². The van der Waals surface area contributed by atoms with E-state index in [0.717, 1.165) is 12.0 Å². The molecule has 1 aliphatic heterocycles. The number of methoxy groups -OCH3 is 1. The second-order valence-electron chi connectivity index (χ2n) is 3.94. The van der Waals surface area contributed by atoms with Crippen molar-refractivity contribution in [1.29, 1.82) is 0 Å². The second-order valence-corrected chi connectivity index (χ2v) is 3.94. The van der Waals surface area contributed by atoms with Crippen LogP contribution in [0.1, 0.15) is 15.9 Å². The van der Waals surface area contributed by atoms with E-state index in [9.17, 15) is 18.8 Å². The molecule has 1 aromatic carbocycles. The lowest BCUT2D eigenvalue weighted by Crippen LogP contribution is -2.35. The van der Waals surface area contributed by atoms with Crippen LogP contribution in [0.4, 0.5) is 10.1 Å². The van der Waals surface area contributed by atoms with Gasteiger partial charge in [0.15, 0.2) is 0 Å². The quantitative estimate of drug-likeness (QED) is 0.577. The number of hydrogen-bond donors (Lipinski definition) is 0. The van der Waals surface area contributed by atoms with Crippen LogP contribution < -0.4 is 4.90 Å².